The fourth-order valence-corrected chi connectivity index (χ4v) is 3.76. The number of imidazole rings is 1. The summed E-state index contributed by atoms with van der Waals surface area (Å²) in [7, 11) is 0. The lowest BCUT2D eigenvalue weighted by Gasteiger charge is -2.22. The number of hydrogen-bond donors (Lipinski definition) is 2. The number of aromatic amines is 2. The third-order valence-electron chi connectivity index (χ3n) is 3.77. The molecule has 2 aromatic heterocycles. The van der Waals surface area contributed by atoms with Gasteiger partial charge in [-0.15, -0.1) is 11.8 Å². The second-order valence-corrected chi connectivity index (χ2v) is 6.33. The van der Waals surface area contributed by atoms with Gasteiger partial charge in [-0.05, 0) is 17.7 Å². The first-order valence-electron chi connectivity index (χ1n) is 7.16. The topological polar surface area (TPSA) is 138 Å². The van der Waals surface area contributed by atoms with Gasteiger partial charge in [0.15, 0.2) is 11.2 Å². The van der Waals surface area contributed by atoms with Gasteiger partial charge in [-0.1, -0.05) is 0 Å². The van der Waals surface area contributed by atoms with E-state index >= 15 is 0 Å². The van der Waals surface area contributed by atoms with Crippen molar-refractivity contribution < 1.29 is 9.72 Å². The number of anilines is 1. The van der Waals surface area contributed by atoms with E-state index in [1.54, 1.807) is 12.1 Å². The Hall–Kier alpha value is -3.21. The number of nitro groups is 1. The third-order valence-corrected chi connectivity index (χ3v) is 4.98. The average Bonchev–Trinajstić information content (AvgIpc) is 3.21. The fourth-order valence-electron chi connectivity index (χ4n) is 2.61. The number of rotatable bonds is 3. The molecule has 1 aliphatic heterocycles. The molecule has 0 bridgehead atoms. The van der Waals surface area contributed by atoms with Crippen molar-refractivity contribution in [2.75, 3.05) is 10.7 Å². The average molecular weight is 358 g/mol. The highest BCUT2D eigenvalue weighted by molar-refractivity contribution is 8.00. The number of benzene rings is 1. The molecular formula is C14H10N6O4S. The number of nitrogens with one attached hydrogen (secondary N) is 2. The Morgan fingerprint density at radius 3 is 2.76 bits per heavy atom. The number of fused-ring (bicyclic) bond motifs is 1. The number of carbonyl (C=O) groups is 1. The SMILES string of the molecule is O=C1CSC(c2ccc([N+](=O)[O-])cc2)N1c1nc2nc[nH]c2c(=O)[nH]1. The summed E-state index contributed by atoms with van der Waals surface area (Å²) in [6.07, 6.45) is 1.35. The first-order chi connectivity index (χ1) is 12.0. The van der Waals surface area contributed by atoms with Crippen molar-refractivity contribution in [1.29, 1.82) is 0 Å². The number of hydrogen-bond acceptors (Lipinski definition) is 7. The first kappa shape index (κ1) is 15.3. The van der Waals surface area contributed by atoms with Gasteiger partial charge in [-0.2, -0.15) is 4.98 Å². The summed E-state index contributed by atoms with van der Waals surface area (Å²) in [5.74, 6) is 0.0959. The van der Waals surface area contributed by atoms with Crippen molar-refractivity contribution >= 4 is 40.5 Å². The van der Waals surface area contributed by atoms with Crippen LogP contribution in [0.15, 0.2) is 35.4 Å². The molecular weight excluding hydrogens is 348 g/mol. The van der Waals surface area contributed by atoms with Gasteiger partial charge in [0.25, 0.3) is 11.2 Å². The lowest BCUT2D eigenvalue weighted by Crippen LogP contribution is -2.31. The zero-order chi connectivity index (χ0) is 17.6. The minimum absolute atomic E-state index is 0.0332. The molecule has 1 aromatic carbocycles. The van der Waals surface area contributed by atoms with Crippen LogP contribution in [0.3, 0.4) is 0 Å². The molecule has 25 heavy (non-hydrogen) atoms. The second kappa shape index (κ2) is 5.70. The Morgan fingerprint density at radius 1 is 1.28 bits per heavy atom. The maximum atomic E-state index is 12.3. The number of H-pyrrole nitrogens is 2. The number of non-ortho nitro benzene ring substituents is 1. The van der Waals surface area contributed by atoms with E-state index in [1.165, 1.54) is 35.1 Å². The third kappa shape index (κ3) is 2.54. The molecule has 0 saturated carbocycles. The molecule has 1 amide bonds. The van der Waals surface area contributed by atoms with Crippen molar-refractivity contribution in [1.82, 2.24) is 19.9 Å². The van der Waals surface area contributed by atoms with E-state index in [9.17, 15) is 19.7 Å². The summed E-state index contributed by atoms with van der Waals surface area (Å²) < 4.78 is 0. The van der Waals surface area contributed by atoms with E-state index in [0.717, 1.165) is 0 Å². The van der Waals surface area contributed by atoms with Gasteiger partial charge in [-0.25, -0.2) is 4.98 Å². The number of thioether (sulfide) groups is 1. The van der Waals surface area contributed by atoms with Gasteiger partial charge in [-0.3, -0.25) is 29.6 Å². The monoisotopic (exact) mass is 358 g/mol. The highest BCUT2D eigenvalue weighted by Gasteiger charge is 2.36. The van der Waals surface area contributed by atoms with E-state index < -0.39 is 15.9 Å². The summed E-state index contributed by atoms with van der Waals surface area (Å²) in [5, 5.41) is 10.3. The molecule has 11 heteroatoms. The van der Waals surface area contributed by atoms with E-state index in [1.807, 2.05) is 0 Å². The first-order valence-corrected chi connectivity index (χ1v) is 8.21. The molecule has 1 aliphatic rings. The van der Waals surface area contributed by atoms with Crippen LogP contribution in [0.5, 0.6) is 0 Å². The Morgan fingerprint density at radius 2 is 2.04 bits per heavy atom. The predicted molar refractivity (Wildman–Crippen MR) is 90.3 cm³/mol. The van der Waals surface area contributed by atoms with E-state index in [0.29, 0.717) is 5.56 Å². The standard InChI is InChI=1S/C14H10N6O4S/c21-9-5-25-13(7-1-3-8(4-2-7)20(23)24)19(9)14-17-11-10(12(22)18-14)15-6-16-11/h1-4,6,13H,5H2,(H2,15,16,17,18,22). The number of carbonyl (C=O) groups excluding carboxylic acids is 1. The highest BCUT2D eigenvalue weighted by Crippen LogP contribution is 2.40. The molecule has 10 nitrogen and oxygen atoms in total. The van der Waals surface area contributed by atoms with E-state index in [2.05, 4.69) is 19.9 Å². The Balaban J connectivity index is 1.76. The van der Waals surface area contributed by atoms with Crippen LogP contribution in [0, 0.1) is 10.1 Å². The molecule has 1 fully saturated rings. The van der Waals surface area contributed by atoms with Crippen molar-refractivity contribution in [3.63, 3.8) is 0 Å². The van der Waals surface area contributed by atoms with Gasteiger partial charge in [0.2, 0.25) is 11.9 Å². The normalized spacial score (nSPS) is 17.4. The van der Waals surface area contributed by atoms with Gasteiger partial charge in [0, 0.05) is 12.1 Å². The van der Waals surface area contributed by atoms with Crippen LogP contribution in [0.25, 0.3) is 11.2 Å². The van der Waals surface area contributed by atoms with E-state index in [-0.39, 0.29) is 34.5 Å². The van der Waals surface area contributed by atoms with Gasteiger partial charge >= 0.3 is 0 Å². The number of aromatic nitrogens is 4. The quantitative estimate of drug-likeness (QED) is 0.532. The molecule has 4 rings (SSSR count). The molecule has 1 unspecified atom stereocenters. The van der Waals surface area contributed by atoms with Crippen molar-refractivity contribution in [3.8, 4) is 0 Å². The van der Waals surface area contributed by atoms with Crippen LogP contribution in [0.4, 0.5) is 11.6 Å². The zero-order valence-corrected chi connectivity index (χ0v) is 13.3. The van der Waals surface area contributed by atoms with Crippen LogP contribution in [-0.2, 0) is 4.79 Å². The van der Waals surface area contributed by atoms with Gasteiger partial charge < -0.3 is 4.98 Å². The second-order valence-electron chi connectivity index (χ2n) is 5.27. The molecule has 1 atom stereocenters. The van der Waals surface area contributed by atoms with Crippen molar-refractivity contribution in [2.45, 2.75) is 5.37 Å². The molecule has 2 N–H and O–H groups in total. The molecule has 126 valence electrons. The molecule has 3 heterocycles. The van der Waals surface area contributed by atoms with Crippen LogP contribution in [-0.4, -0.2) is 36.5 Å². The van der Waals surface area contributed by atoms with Crippen molar-refractivity contribution in [3.05, 3.63) is 56.6 Å². The molecule has 1 saturated heterocycles. The van der Waals surface area contributed by atoms with Gasteiger partial charge in [0.1, 0.15) is 5.37 Å². The molecule has 0 radical (unpaired) electrons. The lowest BCUT2D eigenvalue weighted by molar-refractivity contribution is -0.384. The fraction of sp³-hybridized carbons (Fsp3) is 0.143. The maximum absolute atomic E-state index is 12.3. The molecule has 3 aromatic rings. The van der Waals surface area contributed by atoms with Crippen LogP contribution in [0.2, 0.25) is 0 Å². The summed E-state index contributed by atoms with van der Waals surface area (Å²) in [5.41, 5.74) is 0.686. The van der Waals surface area contributed by atoms with Gasteiger partial charge in [0.05, 0.1) is 17.0 Å². The Kier molecular flexibility index (Phi) is 3.50. The highest BCUT2D eigenvalue weighted by atomic mass is 32.2. The number of nitrogens with zero attached hydrogens (tertiary/aromatic N) is 4. The minimum atomic E-state index is -0.487. The lowest BCUT2D eigenvalue weighted by atomic mass is 10.2. The number of nitro benzene ring substituents is 1. The predicted octanol–water partition coefficient (Wildman–Crippen LogP) is 1.33. The molecule has 0 aliphatic carbocycles. The summed E-state index contributed by atoms with van der Waals surface area (Å²) in [6, 6.07) is 5.94. The minimum Gasteiger partial charge on any atom is -0.339 e. The van der Waals surface area contributed by atoms with Crippen molar-refractivity contribution in [2.24, 2.45) is 0 Å². The Bertz CT molecular complexity index is 1040. The number of amides is 1. The van der Waals surface area contributed by atoms with Crippen LogP contribution in [0.1, 0.15) is 10.9 Å². The summed E-state index contributed by atoms with van der Waals surface area (Å²) in [6.45, 7) is 0. The maximum Gasteiger partial charge on any atom is 0.278 e. The molecule has 0 spiro atoms. The zero-order valence-electron chi connectivity index (χ0n) is 12.5. The largest absolute Gasteiger partial charge is 0.339 e. The summed E-state index contributed by atoms with van der Waals surface area (Å²) >= 11 is 1.35. The Labute approximate surface area is 143 Å². The smallest absolute Gasteiger partial charge is 0.278 e. The summed E-state index contributed by atoms with van der Waals surface area (Å²) in [4.78, 5) is 49.6. The van der Waals surface area contributed by atoms with E-state index in [4.69, 9.17) is 0 Å². The van der Waals surface area contributed by atoms with Crippen LogP contribution < -0.4 is 10.5 Å². The van der Waals surface area contributed by atoms with Crippen LogP contribution >= 0.6 is 11.8 Å².